The predicted octanol–water partition coefficient (Wildman–Crippen LogP) is 6.19. The van der Waals surface area contributed by atoms with E-state index in [-0.39, 0.29) is 5.75 Å². The lowest BCUT2D eigenvalue weighted by Crippen LogP contribution is -2.03. The maximum Gasteiger partial charge on any atom is 0.336 e. The Labute approximate surface area is 210 Å². The van der Waals surface area contributed by atoms with E-state index >= 15 is 0 Å². The molecule has 0 bridgehead atoms. The Bertz CT molecular complexity index is 1270. The summed E-state index contributed by atoms with van der Waals surface area (Å²) < 4.78 is 15.5. The van der Waals surface area contributed by atoms with E-state index in [2.05, 4.69) is 0 Å². The molecular formula is C30H26O6. The van der Waals surface area contributed by atoms with E-state index in [0.29, 0.717) is 17.1 Å². The van der Waals surface area contributed by atoms with Crippen LogP contribution in [0.4, 0.5) is 0 Å². The molecule has 0 aliphatic rings. The highest BCUT2D eigenvalue weighted by molar-refractivity contribution is 5.88. The lowest BCUT2D eigenvalue weighted by Gasteiger charge is -2.04. The minimum atomic E-state index is -0.431. The van der Waals surface area contributed by atoms with Crippen LogP contribution in [0.3, 0.4) is 0 Å². The number of aldehydes is 1. The first-order valence-electron chi connectivity index (χ1n) is 11.0. The maximum atomic E-state index is 11.9. The quantitative estimate of drug-likeness (QED) is 0.146. The third kappa shape index (κ3) is 7.88. The average molecular weight is 483 g/mol. The summed E-state index contributed by atoms with van der Waals surface area (Å²) in [7, 11) is 3.24. The van der Waals surface area contributed by atoms with Gasteiger partial charge >= 0.3 is 5.97 Å². The molecule has 6 nitrogen and oxygen atoms in total. The van der Waals surface area contributed by atoms with E-state index in [4.69, 9.17) is 19.3 Å². The number of ether oxygens (including phenoxy) is 3. The van der Waals surface area contributed by atoms with Crippen LogP contribution in [0, 0.1) is 0 Å². The van der Waals surface area contributed by atoms with E-state index in [1.165, 1.54) is 18.2 Å². The molecule has 0 saturated carbocycles. The zero-order chi connectivity index (χ0) is 25.8. The molecule has 1 N–H and O–H groups in total. The van der Waals surface area contributed by atoms with Crippen LogP contribution in [0.5, 0.6) is 23.0 Å². The van der Waals surface area contributed by atoms with Crippen molar-refractivity contribution in [2.75, 3.05) is 14.2 Å². The molecule has 6 heteroatoms. The molecule has 0 spiro atoms. The molecule has 4 aromatic rings. The second kappa shape index (κ2) is 13.2. The Morgan fingerprint density at radius 3 is 1.58 bits per heavy atom. The second-order valence-corrected chi connectivity index (χ2v) is 7.49. The Kier molecular flexibility index (Phi) is 9.42. The number of aromatic hydroxyl groups is 1. The molecule has 4 aromatic carbocycles. The molecule has 0 amide bonds. The van der Waals surface area contributed by atoms with Crippen molar-refractivity contribution >= 4 is 18.3 Å². The second-order valence-electron chi connectivity index (χ2n) is 7.49. The molecule has 0 atom stereocenters. The minimum Gasteiger partial charge on any atom is -0.508 e. The third-order valence-corrected chi connectivity index (χ3v) is 5.05. The number of carbonyl (C=O) groups excluding carboxylic acids is 2. The summed E-state index contributed by atoms with van der Waals surface area (Å²) in [6.45, 7) is 0. The van der Waals surface area contributed by atoms with Gasteiger partial charge in [-0.1, -0.05) is 36.4 Å². The summed E-state index contributed by atoms with van der Waals surface area (Å²) in [5, 5.41) is 8.74. The highest BCUT2D eigenvalue weighted by atomic mass is 16.5. The first-order valence-corrected chi connectivity index (χ1v) is 11.0. The van der Waals surface area contributed by atoms with Crippen LogP contribution in [-0.4, -0.2) is 31.6 Å². The number of hydrogen-bond acceptors (Lipinski definition) is 6. The normalized spacial score (nSPS) is 10.2. The molecular weight excluding hydrogens is 456 g/mol. The van der Waals surface area contributed by atoms with Crippen LogP contribution in [0.2, 0.25) is 0 Å². The van der Waals surface area contributed by atoms with Crippen LogP contribution in [0.25, 0.3) is 17.2 Å². The van der Waals surface area contributed by atoms with Gasteiger partial charge in [-0.15, -0.1) is 0 Å². The average Bonchev–Trinajstić information content (AvgIpc) is 2.93. The van der Waals surface area contributed by atoms with Crippen LogP contribution < -0.4 is 14.2 Å². The van der Waals surface area contributed by atoms with Crippen LogP contribution in [0.15, 0.2) is 103 Å². The Hall–Kier alpha value is -4.84. The molecule has 0 aliphatic carbocycles. The topological polar surface area (TPSA) is 82.1 Å². The fourth-order valence-electron chi connectivity index (χ4n) is 3.08. The van der Waals surface area contributed by atoms with Gasteiger partial charge in [0.25, 0.3) is 0 Å². The summed E-state index contributed by atoms with van der Waals surface area (Å²) in [4.78, 5) is 22.0. The van der Waals surface area contributed by atoms with Crippen LogP contribution >= 0.6 is 0 Å². The smallest absolute Gasteiger partial charge is 0.336 e. The van der Waals surface area contributed by atoms with E-state index in [9.17, 15) is 9.59 Å². The van der Waals surface area contributed by atoms with Gasteiger partial charge < -0.3 is 19.3 Å². The summed E-state index contributed by atoms with van der Waals surface area (Å²) in [6.07, 6.45) is 3.87. The molecule has 0 heterocycles. The molecule has 182 valence electrons. The number of hydrogen-bond donors (Lipinski definition) is 1. The minimum absolute atomic E-state index is 0.181. The van der Waals surface area contributed by atoms with Crippen molar-refractivity contribution in [3.8, 4) is 34.1 Å². The zero-order valence-electron chi connectivity index (χ0n) is 20.0. The fourth-order valence-corrected chi connectivity index (χ4v) is 3.08. The van der Waals surface area contributed by atoms with Gasteiger partial charge in [0.15, 0.2) is 0 Å². The number of carbonyl (C=O) groups is 2. The van der Waals surface area contributed by atoms with Gasteiger partial charge in [0.2, 0.25) is 0 Å². The van der Waals surface area contributed by atoms with E-state index < -0.39 is 5.97 Å². The van der Waals surface area contributed by atoms with Crippen molar-refractivity contribution in [1.82, 2.24) is 0 Å². The third-order valence-electron chi connectivity index (χ3n) is 5.05. The first kappa shape index (κ1) is 25.8. The van der Waals surface area contributed by atoms with Crippen molar-refractivity contribution in [2.45, 2.75) is 0 Å². The number of phenols is 1. The van der Waals surface area contributed by atoms with Gasteiger partial charge in [-0.3, -0.25) is 4.79 Å². The van der Waals surface area contributed by atoms with E-state index in [1.807, 2.05) is 48.5 Å². The molecule has 0 radical (unpaired) electrons. The van der Waals surface area contributed by atoms with Gasteiger partial charge in [-0.25, -0.2) is 4.79 Å². The van der Waals surface area contributed by atoms with E-state index in [0.717, 1.165) is 28.7 Å². The Morgan fingerprint density at radius 2 is 1.08 bits per heavy atom. The van der Waals surface area contributed by atoms with Crippen molar-refractivity contribution in [3.63, 3.8) is 0 Å². The Morgan fingerprint density at radius 1 is 0.639 bits per heavy atom. The van der Waals surface area contributed by atoms with Crippen LogP contribution in [-0.2, 0) is 4.79 Å². The molecule has 36 heavy (non-hydrogen) atoms. The van der Waals surface area contributed by atoms with Gasteiger partial charge in [-0.2, -0.15) is 0 Å². The van der Waals surface area contributed by atoms with Crippen molar-refractivity contribution < 1.29 is 28.9 Å². The Balaban J connectivity index is 0.000000338. The van der Waals surface area contributed by atoms with Crippen molar-refractivity contribution in [2.24, 2.45) is 0 Å². The van der Waals surface area contributed by atoms with E-state index in [1.54, 1.807) is 56.7 Å². The van der Waals surface area contributed by atoms with Gasteiger partial charge in [0, 0.05) is 11.6 Å². The lowest BCUT2D eigenvalue weighted by atomic mass is 10.0. The molecule has 4 rings (SSSR count). The van der Waals surface area contributed by atoms with Gasteiger partial charge in [-0.05, 0) is 83.4 Å². The standard InChI is InChI=1S/C23H20O4.C7H6O2/c1-25-20-10-8-19(9-11-20)18-6-3-17(4-7-18)5-16-23(24)27-22-14-12-21(26-2)13-15-22;8-5-6-1-3-7(9)4-2-6/h3-16H,1-2H3;1-5,9H/b16-5+;. The van der Waals surface area contributed by atoms with Crippen molar-refractivity contribution in [3.05, 3.63) is 114 Å². The lowest BCUT2D eigenvalue weighted by molar-refractivity contribution is -0.128. The molecule has 0 aromatic heterocycles. The summed E-state index contributed by atoms with van der Waals surface area (Å²) >= 11 is 0. The molecule has 0 unspecified atom stereocenters. The molecule has 0 saturated heterocycles. The highest BCUT2D eigenvalue weighted by Gasteiger charge is 2.02. The van der Waals surface area contributed by atoms with Crippen molar-refractivity contribution in [1.29, 1.82) is 0 Å². The van der Waals surface area contributed by atoms with Gasteiger partial charge in [0.05, 0.1) is 14.2 Å². The number of benzene rings is 4. The number of rotatable bonds is 7. The number of phenolic OH excluding ortho intramolecular Hbond substituents is 1. The molecule has 0 fully saturated rings. The number of methoxy groups -OCH3 is 2. The molecule has 0 aliphatic heterocycles. The van der Waals surface area contributed by atoms with Gasteiger partial charge in [0.1, 0.15) is 29.3 Å². The predicted molar refractivity (Wildman–Crippen MR) is 140 cm³/mol. The largest absolute Gasteiger partial charge is 0.508 e. The summed E-state index contributed by atoms with van der Waals surface area (Å²) in [5.41, 5.74) is 3.69. The number of esters is 1. The highest BCUT2D eigenvalue weighted by Crippen LogP contribution is 2.23. The van der Waals surface area contributed by atoms with Crippen LogP contribution in [0.1, 0.15) is 15.9 Å². The SMILES string of the molecule is COc1ccc(OC(=O)/C=C/c2ccc(-c3ccc(OC)cc3)cc2)cc1.O=Cc1ccc(O)cc1. The first-order chi connectivity index (χ1) is 17.5. The summed E-state index contributed by atoms with van der Waals surface area (Å²) in [6, 6.07) is 28.7. The maximum absolute atomic E-state index is 11.9. The summed E-state index contributed by atoms with van der Waals surface area (Å²) in [5.74, 6) is 1.76. The zero-order valence-corrected chi connectivity index (χ0v) is 20.0. The fraction of sp³-hybridized carbons (Fsp3) is 0.0667. The monoisotopic (exact) mass is 482 g/mol.